The zero-order valence-corrected chi connectivity index (χ0v) is 19.2. The first kappa shape index (κ1) is 23.4. The van der Waals surface area contributed by atoms with E-state index in [1.54, 1.807) is 17.0 Å². The summed E-state index contributed by atoms with van der Waals surface area (Å²) < 4.78 is 6.07. The van der Waals surface area contributed by atoms with E-state index in [4.69, 9.17) is 10.5 Å². The molecule has 4 rings (SSSR count). The number of hydrogen-bond acceptors (Lipinski definition) is 5. The first-order valence-corrected chi connectivity index (χ1v) is 11.5. The van der Waals surface area contributed by atoms with Crippen LogP contribution in [0.4, 0.5) is 4.79 Å². The van der Waals surface area contributed by atoms with Gasteiger partial charge in [0.05, 0.1) is 17.3 Å². The summed E-state index contributed by atoms with van der Waals surface area (Å²) in [6.45, 7) is 2.59. The van der Waals surface area contributed by atoms with E-state index in [2.05, 4.69) is 4.98 Å². The molecule has 34 heavy (non-hydrogen) atoms. The summed E-state index contributed by atoms with van der Waals surface area (Å²) in [5.74, 6) is -0.510. The van der Waals surface area contributed by atoms with E-state index in [0.717, 1.165) is 22.4 Å². The number of aliphatic hydroxyl groups excluding tert-OH is 1. The molecule has 3 aromatic rings. The molecule has 7 nitrogen and oxygen atoms in total. The van der Waals surface area contributed by atoms with Crippen LogP contribution in [0.1, 0.15) is 53.7 Å². The molecule has 1 aromatic heterocycles. The number of ether oxygens (including phenoxy) is 1. The number of amides is 2. The van der Waals surface area contributed by atoms with Crippen LogP contribution in [0.3, 0.4) is 0 Å². The predicted molar refractivity (Wildman–Crippen MR) is 129 cm³/mol. The van der Waals surface area contributed by atoms with Crippen LogP contribution in [-0.2, 0) is 10.3 Å². The minimum atomic E-state index is -0.718. The first-order chi connectivity index (χ1) is 16.4. The Labute approximate surface area is 199 Å². The Morgan fingerprint density at radius 3 is 2.47 bits per heavy atom. The van der Waals surface area contributed by atoms with Crippen molar-refractivity contribution in [1.29, 1.82) is 0 Å². The molecule has 1 aliphatic rings. The number of cyclic esters (lactones) is 1. The second-order valence-corrected chi connectivity index (χ2v) is 8.59. The van der Waals surface area contributed by atoms with E-state index in [-0.39, 0.29) is 18.7 Å². The van der Waals surface area contributed by atoms with Crippen molar-refractivity contribution in [2.24, 2.45) is 5.73 Å². The van der Waals surface area contributed by atoms with Crippen LogP contribution in [0.2, 0.25) is 0 Å². The van der Waals surface area contributed by atoms with Crippen LogP contribution in [0.15, 0.2) is 72.9 Å². The van der Waals surface area contributed by atoms with Gasteiger partial charge in [0.1, 0.15) is 5.60 Å². The van der Waals surface area contributed by atoms with Crippen LogP contribution in [0.5, 0.6) is 0 Å². The van der Waals surface area contributed by atoms with Crippen molar-refractivity contribution in [3.63, 3.8) is 0 Å². The van der Waals surface area contributed by atoms with Crippen molar-refractivity contribution in [2.45, 2.75) is 37.8 Å². The summed E-state index contributed by atoms with van der Waals surface area (Å²) in [4.78, 5) is 30.4. The Morgan fingerprint density at radius 1 is 1.15 bits per heavy atom. The SMILES string of the molecule is CC(c1ccc(-c2ccc(C(N)=O)cn2)cc1)N1CCC(CCCO)(c2ccccc2)OC1=O. The Kier molecular flexibility index (Phi) is 6.93. The molecule has 0 saturated carbocycles. The lowest BCUT2D eigenvalue weighted by molar-refractivity contribution is -0.0680. The molecule has 2 unspecified atom stereocenters. The number of pyridine rings is 1. The number of nitrogens with zero attached hydrogens (tertiary/aromatic N) is 2. The van der Waals surface area contributed by atoms with Gasteiger partial charge in [0, 0.05) is 31.3 Å². The van der Waals surface area contributed by atoms with E-state index >= 15 is 0 Å². The number of aromatic nitrogens is 1. The van der Waals surface area contributed by atoms with E-state index in [0.29, 0.717) is 31.4 Å². The van der Waals surface area contributed by atoms with Gasteiger partial charge in [0.2, 0.25) is 5.91 Å². The molecule has 2 atom stereocenters. The van der Waals surface area contributed by atoms with Gasteiger partial charge in [-0.1, -0.05) is 54.6 Å². The fraction of sp³-hybridized carbons (Fsp3) is 0.296. The van der Waals surface area contributed by atoms with Crippen LogP contribution >= 0.6 is 0 Å². The minimum absolute atomic E-state index is 0.0543. The van der Waals surface area contributed by atoms with Gasteiger partial charge in [-0.2, -0.15) is 0 Å². The van der Waals surface area contributed by atoms with Crippen LogP contribution in [0.25, 0.3) is 11.3 Å². The maximum atomic E-state index is 13.1. The standard InChI is InChI=1S/C27H29N3O4/c1-19(20-8-10-21(11-9-20)24-13-12-22(18-29-24)25(28)32)30-16-15-27(14-5-17-31,34-26(30)33)23-6-3-2-4-7-23/h2-4,6-13,18-19,31H,5,14-17H2,1H3,(H2,28,32). The van der Waals surface area contributed by atoms with Gasteiger partial charge in [0.25, 0.3) is 0 Å². The minimum Gasteiger partial charge on any atom is -0.438 e. The third-order valence-corrected chi connectivity index (χ3v) is 6.52. The van der Waals surface area contributed by atoms with Crippen molar-refractivity contribution in [3.8, 4) is 11.3 Å². The number of hydrogen-bond donors (Lipinski definition) is 2. The lowest BCUT2D eigenvalue weighted by atomic mass is 9.84. The Balaban J connectivity index is 1.49. The van der Waals surface area contributed by atoms with Crippen molar-refractivity contribution < 1.29 is 19.4 Å². The summed E-state index contributed by atoms with van der Waals surface area (Å²) in [5, 5.41) is 9.38. The molecule has 0 spiro atoms. The summed E-state index contributed by atoms with van der Waals surface area (Å²) in [6, 6.07) is 20.9. The van der Waals surface area contributed by atoms with Gasteiger partial charge >= 0.3 is 6.09 Å². The maximum absolute atomic E-state index is 13.1. The normalized spacial score (nSPS) is 18.9. The van der Waals surface area contributed by atoms with Crippen LogP contribution < -0.4 is 5.73 Å². The van der Waals surface area contributed by atoms with Gasteiger partial charge in [-0.05, 0) is 43.0 Å². The average Bonchev–Trinajstić information content (AvgIpc) is 2.88. The molecule has 0 bridgehead atoms. The molecule has 2 amide bonds. The molecule has 1 aliphatic heterocycles. The highest BCUT2D eigenvalue weighted by molar-refractivity contribution is 5.92. The summed E-state index contributed by atoms with van der Waals surface area (Å²) >= 11 is 0. The Hall–Kier alpha value is -3.71. The Bertz CT molecular complexity index is 1130. The summed E-state index contributed by atoms with van der Waals surface area (Å²) in [6.07, 6.45) is 2.91. The molecular weight excluding hydrogens is 430 g/mol. The number of carbonyl (C=O) groups excluding carboxylic acids is 2. The fourth-order valence-corrected chi connectivity index (χ4v) is 4.47. The van der Waals surface area contributed by atoms with E-state index < -0.39 is 11.5 Å². The quantitative estimate of drug-likeness (QED) is 0.519. The summed E-state index contributed by atoms with van der Waals surface area (Å²) in [7, 11) is 0. The molecule has 2 aromatic carbocycles. The Morgan fingerprint density at radius 2 is 1.88 bits per heavy atom. The van der Waals surface area contributed by atoms with Crippen molar-refractivity contribution in [2.75, 3.05) is 13.2 Å². The molecule has 0 aliphatic carbocycles. The molecular formula is C27H29N3O4. The zero-order valence-electron chi connectivity index (χ0n) is 19.2. The third-order valence-electron chi connectivity index (χ3n) is 6.52. The van der Waals surface area contributed by atoms with Crippen molar-refractivity contribution in [1.82, 2.24) is 9.88 Å². The molecule has 176 valence electrons. The smallest absolute Gasteiger partial charge is 0.411 e. The average molecular weight is 460 g/mol. The highest BCUT2D eigenvalue weighted by atomic mass is 16.6. The maximum Gasteiger partial charge on any atom is 0.411 e. The molecule has 3 N–H and O–H groups in total. The van der Waals surface area contributed by atoms with Gasteiger partial charge in [-0.25, -0.2) is 4.79 Å². The topological polar surface area (TPSA) is 106 Å². The van der Waals surface area contributed by atoms with E-state index in [9.17, 15) is 14.7 Å². The van der Waals surface area contributed by atoms with Gasteiger partial charge < -0.3 is 20.5 Å². The van der Waals surface area contributed by atoms with E-state index in [1.165, 1.54) is 6.20 Å². The van der Waals surface area contributed by atoms with Gasteiger partial charge in [-0.15, -0.1) is 0 Å². The van der Waals surface area contributed by atoms with Crippen molar-refractivity contribution >= 4 is 12.0 Å². The number of rotatable bonds is 8. The van der Waals surface area contributed by atoms with Crippen LogP contribution in [0, 0.1) is 0 Å². The first-order valence-electron chi connectivity index (χ1n) is 11.5. The fourth-order valence-electron chi connectivity index (χ4n) is 4.47. The number of aliphatic hydroxyl groups is 1. The predicted octanol–water partition coefficient (Wildman–Crippen LogP) is 4.42. The molecule has 2 heterocycles. The van der Waals surface area contributed by atoms with Crippen molar-refractivity contribution in [3.05, 3.63) is 89.6 Å². The largest absolute Gasteiger partial charge is 0.438 e. The number of nitrogens with two attached hydrogens (primary N) is 1. The van der Waals surface area contributed by atoms with E-state index in [1.807, 2.05) is 61.5 Å². The zero-order chi connectivity index (χ0) is 24.1. The number of primary amides is 1. The van der Waals surface area contributed by atoms with Crippen LogP contribution in [-0.4, -0.2) is 40.1 Å². The summed E-state index contributed by atoms with van der Waals surface area (Å²) in [5.41, 5.74) is 8.51. The second-order valence-electron chi connectivity index (χ2n) is 8.59. The lowest BCUT2D eigenvalue weighted by Gasteiger charge is -2.43. The highest BCUT2D eigenvalue weighted by Crippen LogP contribution is 2.40. The lowest BCUT2D eigenvalue weighted by Crippen LogP contribution is -2.48. The monoisotopic (exact) mass is 459 g/mol. The number of benzene rings is 2. The molecule has 0 radical (unpaired) electrons. The molecule has 1 saturated heterocycles. The van der Waals surface area contributed by atoms with Gasteiger partial charge in [0.15, 0.2) is 0 Å². The highest BCUT2D eigenvalue weighted by Gasteiger charge is 2.43. The van der Waals surface area contributed by atoms with Gasteiger partial charge in [-0.3, -0.25) is 9.78 Å². The number of carbonyl (C=O) groups is 2. The molecule has 1 fully saturated rings. The second kappa shape index (κ2) is 10.1. The third kappa shape index (κ3) is 4.79. The molecule has 7 heteroatoms.